The third kappa shape index (κ3) is 22.4. The predicted molar refractivity (Wildman–Crippen MR) is 37.5 cm³/mol. The van der Waals surface area contributed by atoms with E-state index in [2.05, 4.69) is 12.6 Å². The monoisotopic (exact) mass is 221 g/mol. The van der Waals surface area contributed by atoms with Crippen molar-refractivity contribution in [3.05, 3.63) is 0 Å². The molecule has 0 saturated carbocycles. The molecule has 0 aliphatic rings. The quantitative estimate of drug-likeness (QED) is 0.274. The Hall–Kier alpha value is 0.686. The number of carboxylic acid groups (broad SMARTS) is 3. The topological polar surface area (TPSA) is 124 Å². The van der Waals surface area contributed by atoms with Crippen LogP contribution in [-0.2, 0) is 4.79 Å². The van der Waals surface area contributed by atoms with Crippen molar-refractivity contribution < 1.29 is 76.3 Å². The number of nitrogens with two attached hydrogens (primary N) is 1. The van der Waals surface area contributed by atoms with Crippen LogP contribution in [0.25, 0.3) is 0 Å². The van der Waals surface area contributed by atoms with E-state index in [0.717, 1.165) is 0 Å². The molecule has 0 spiro atoms. The number of hydrogen-bond donors (Lipinski definition) is 4. The molecule has 1 atom stereocenters. The van der Waals surface area contributed by atoms with Crippen molar-refractivity contribution in [1.82, 2.24) is 0 Å². The average molecular weight is 221 g/mol. The molecular weight excluding hydrogens is 213 g/mol. The Morgan fingerprint density at radius 1 is 1.50 bits per heavy atom. The minimum atomic E-state index is -1.83. The van der Waals surface area contributed by atoms with E-state index in [4.69, 9.17) is 20.7 Å². The second-order valence-corrected chi connectivity index (χ2v) is 1.76. The molecule has 0 aromatic heterocycles. The van der Waals surface area contributed by atoms with Crippen molar-refractivity contribution in [1.29, 1.82) is 0 Å². The zero-order valence-corrected chi connectivity index (χ0v) is 10.4. The van der Waals surface area contributed by atoms with Gasteiger partial charge in [-0.2, -0.15) is 12.6 Å². The first-order chi connectivity index (χ1) is 4.91. The van der Waals surface area contributed by atoms with Gasteiger partial charge in [0.25, 0.3) is 0 Å². The first kappa shape index (κ1) is 18.5. The van der Waals surface area contributed by atoms with Crippen molar-refractivity contribution in [2.45, 2.75) is 6.04 Å². The van der Waals surface area contributed by atoms with Crippen LogP contribution in [0.4, 0.5) is 4.79 Å². The van der Waals surface area contributed by atoms with E-state index in [9.17, 15) is 9.90 Å². The summed E-state index contributed by atoms with van der Waals surface area (Å²) in [6.45, 7) is 0. The fourth-order valence-corrected chi connectivity index (χ4v) is 0.224. The van der Waals surface area contributed by atoms with Gasteiger partial charge in [-0.1, -0.05) is 0 Å². The van der Waals surface area contributed by atoms with Gasteiger partial charge >= 0.3 is 57.5 Å². The molecule has 0 fully saturated rings. The largest absolute Gasteiger partial charge is 1.00 e. The molecule has 0 unspecified atom stereocenters. The van der Waals surface area contributed by atoms with Crippen LogP contribution in [0.5, 0.6) is 0 Å². The summed E-state index contributed by atoms with van der Waals surface area (Å²) in [4.78, 5) is 18.2. The van der Waals surface area contributed by atoms with E-state index < -0.39 is 18.2 Å². The molecule has 0 heterocycles. The predicted octanol–water partition coefficient (Wildman–Crippen LogP) is -4.78. The summed E-state index contributed by atoms with van der Waals surface area (Å²) in [5.41, 5.74) is 4.88. The van der Waals surface area contributed by atoms with E-state index in [1.807, 2.05) is 0 Å². The molecule has 0 aliphatic carbocycles. The molecule has 0 aromatic carbocycles. The van der Waals surface area contributed by atoms with Gasteiger partial charge in [0.05, 0.1) is 12.0 Å². The molecule has 0 rings (SSSR count). The van der Waals surface area contributed by atoms with Gasteiger partial charge in [-0.3, -0.25) is 0 Å². The average Bonchev–Trinajstić information content (AvgIpc) is 1.85. The van der Waals surface area contributed by atoms with Gasteiger partial charge in [0.15, 0.2) is 0 Å². The smallest absolute Gasteiger partial charge is 0.548 e. The molecule has 6 nitrogen and oxygen atoms in total. The minimum absolute atomic E-state index is 0. The Morgan fingerprint density at radius 2 is 1.75 bits per heavy atom. The molecule has 0 radical (unpaired) electrons. The Morgan fingerprint density at radius 3 is 1.75 bits per heavy atom. The Labute approximate surface area is 117 Å². The van der Waals surface area contributed by atoms with Gasteiger partial charge < -0.3 is 25.8 Å². The molecule has 66 valence electrons. The number of carbonyl (C=O) groups is 2. The molecule has 0 saturated heterocycles. The fourth-order valence-electron chi connectivity index (χ4n) is 0.0745. The van der Waals surface area contributed by atoms with Crippen LogP contribution in [0, 0.1) is 0 Å². The molecule has 0 aliphatic heterocycles. The van der Waals surface area contributed by atoms with Gasteiger partial charge in [0.2, 0.25) is 0 Å². The summed E-state index contributed by atoms with van der Waals surface area (Å²) in [5, 5.41) is 23.6. The number of hydrogen-bond acceptors (Lipinski definition) is 5. The van der Waals surface area contributed by atoms with Crippen LogP contribution in [0.2, 0.25) is 0 Å². The van der Waals surface area contributed by atoms with Crippen molar-refractivity contribution >= 4 is 24.8 Å². The van der Waals surface area contributed by atoms with E-state index in [-0.39, 0.29) is 57.1 Å². The summed E-state index contributed by atoms with van der Waals surface area (Å²) in [7, 11) is 0. The molecule has 4 N–H and O–H groups in total. The molecule has 0 amide bonds. The van der Waals surface area contributed by atoms with Gasteiger partial charge in [-0.15, -0.1) is 0 Å². The van der Waals surface area contributed by atoms with Crippen LogP contribution in [0.1, 0.15) is 0 Å². The Kier molecular flexibility index (Phi) is 18.0. The summed E-state index contributed by atoms with van der Waals surface area (Å²) in [5.74, 6) is -1.13. The number of thiol groups is 1. The number of rotatable bonds is 2. The van der Waals surface area contributed by atoms with Crippen LogP contribution < -0.4 is 62.2 Å². The van der Waals surface area contributed by atoms with Gasteiger partial charge in [-0.25, -0.2) is 4.79 Å². The second-order valence-electron chi connectivity index (χ2n) is 1.39. The molecule has 0 aromatic rings. The normalized spacial score (nSPS) is 9.83. The maximum atomic E-state index is 9.65. The maximum Gasteiger partial charge on any atom is 1.00 e. The van der Waals surface area contributed by atoms with Crippen LogP contribution in [0.3, 0.4) is 0 Å². The SMILES string of the molecule is N[C@@H](CS)C(=O)[O-].O=C(O)O.[K+]. The van der Waals surface area contributed by atoms with Gasteiger partial charge in [-0.05, 0) is 0 Å². The van der Waals surface area contributed by atoms with Crippen molar-refractivity contribution in [2.24, 2.45) is 5.73 Å². The summed E-state index contributed by atoms with van der Waals surface area (Å²) in [6, 6.07) is -0.927. The zero-order valence-electron chi connectivity index (χ0n) is 6.43. The first-order valence-corrected chi connectivity index (χ1v) is 3.04. The third-order valence-electron chi connectivity index (χ3n) is 0.499. The first-order valence-electron chi connectivity index (χ1n) is 2.41. The number of carbonyl (C=O) groups excluding carboxylic acids is 1. The summed E-state index contributed by atoms with van der Waals surface area (Å²) < 4.78 is 0. The van der Waals surface area contributed by atoms with Crippen LogP contribution in [-0.4, -0.2) is 34.1 Å². The van der Waals surface area contributed by atoms with Gasteiger partial charge in [0.1, 0.15) is 0 Å². The molecule has 8 heteroatoms. The second kappa shape index (κ2) is 11.7. The fraction of sp³-hybridized carbons (Fsp3) is 0.500. The summed E-state index contributed by atoms with van der Waals surface area (Å²) in [6.07, 6.45) is -1.83. The van der Waals surface area contributed by atoms with E-state index in [1.54, 1.807) is 0 Å². The molecule has 0 bridgehead atoms. The summed E-state index contributed by atoms with van der Waals surface area (Å²) >= 11 is 3.61. The minimum Gasteiger partial charge on any atom is -0.548 e. The van der Waals surface area contributed by atoms with Gasteiger partial charge in [0, 0.05) is 5.75 Å². The van der Waals surface area contributed by atoms with E-state index >= 15 is 0 Å². The maximum absolute atomic E-state index is 9.65. The Bertz CT molecular complexity index is 139. The van der Waals surface area contributed by atoms with E-state index in [1.165, 1.54) is 0 Å². The number of aliphatic carboxylic acids is 1. The standard InChI is InChI=1S/C3H7NO2S.CH2O3.K/c4-2(1-7)3(5)6;2-1(3)4;/h2,7H,1,4H2,(H,5,6);(H2,2,3,4);/q;;+1/p-1/t2-;;/m0../s1. The molecular formula is C4H8KNO5S. The third-order valence-corrected chi connectivity index (χ3v) is 0.893. The van der Waals surface area contributed by atoms with Crippen LogP contribution >= 0.6 is 12.6 Å². The Balaban J connectivity index is -0.000000142. The van der Waals surface area contributed by atoms with E-state index in [0.29, 0.717) is 0 Å². The van der Waals surface area contributed by atoms with Crippen molar-refractivity contribution in [2.75, 3.05) is 5.75 Å². The zero-order chi connectivity index (χ0) is 9.44. The van der Waals surface area contributed by atoms with Crippen LogP contribution in [0.15, 0.2) is 0 Å². The van der Waals surface area contributed by atoms with Crippen molar-refractivity contribution in [3.8, 4) is 0 Å². The number of carboxylic acids is 1. The van der Waals surface area contributed by atoms with Crippen molar-refractivity contribution in [3.63, 3.8) is 0 Å². The molecule has 12 heavy (non-hydrogen) atoms.